The molecule has 0 heterocycles. The molecule has 0 radical (unpaired) electrons. The summed E-state index contributed by atoms with van der Waals surface area (Å²) >= 11 is 0. The molecular weight excluding hydrogens is 208 g/mol. The molecule has 16 heavy (non-hydrogen) atoms. The van der Waals surface area contributed by atoms with Crippen molar-refractivity contribution in [1.82, 2.24) is 5.32 Å². The molecule has 1 N–H and O–H groups in total. The molecule has 5 heteroatoms. The van der Waals surface area contributed by atoms with Crippen LogP contribution in [0.25, 0.3) is 0 Å². The normalized spacial score (nSPS) is 9.56. The van der Waals surface area contributed by atoms with Gasteiger partial charge in [0.25, 0.3) is 5.91 Å². The Morgan fingerprint density at radius 3 is 2.62 bits per heavy atom. The van der Waals surface area contributed by atoms with E-state index in [4.69, 9.17) is 0 Å². The number of nitrogens with one attached hydrogen (secondary N) is 1. The Morgan fingerprint density at radius 1 is 1.38 bits per heavy atom. The highest BCUT2D eigenvalue weighted by Crippen LogP contribution is 2.04. The van der Waals surface area contributed by atoms with Crippen molar-refractivity contribution < 1.29 is 9.63 Å². The van der Waals surface area contributed by atoms with Crippen LogP contribution in [0, 0.1) is 4.91 Å². The number of amides is 1. The zero-order valence-corrected chi connectivity index (χ0v) is 9.10. The second-order valence-corrected chi connectivity index (χ2v) is 3.21. The predicted octanol–water partition coefficient (Wildman–Crippen LogP) is 1.68. The highest BCUT2D eigenvalue weighted by Gasteiger charge is 2.03. The van der Waals surface area contributed by atoms with Gasteiger partial charge >= 0.3 is 0 Å². The molecule has 0 aliphatic heterocycles. The first kappa shape index (κ1) is 12.2. The van der Waals surface area contributed by atoms with Crippen LogP contribution in [-0.4, -0.2) is 19.1 Å². The Hall–Kier alpha value is -1.91. The van der Waals surface area contributed by atoms with Gasteiger partial charge in [0.2, 0.25) is 0 Å². The van der Waals surface area contributed by atoms with E-state index in [1.165, 1.54) is 5.56 Å². The third-order valence-electron chi connectivity index (χ3n) is 2.16. The molecule has 1 rings (SSSR count). The van der Waals surface area contributed by atoms with Gasteiger partial charge in [0.15, 0.2) is 5.34 Å². The van der Waals surface area contributed by atoms with Crippen molar-refractivity contribution in [2.75, 3.05) is 13.2 Å². The average molecular weight is 222 g/mol. The van der Waals surface area contributed by atoms with Gasteiger partial charge in [-0.2, -0.15) is 0 Å². The Kier molecular flexibility index (Phi) is 4.98. The van der Waals surface area contributed by atoms with E-state index in [0.717, 1.165) is 6.42 Å². The standard InChI is InChI=1S/C11H14N2O3/c1-2-9-3-5-10(6-4-9)11(14)12-7-8-16-13-15/h3-6H,2,7-8H2,1H3,(H,12,14). The minimum absolute atomic E-state index is 0.0856. The molecular formula is C11H14N2O3. The highest BCUT2D eigenvalue weighted by atomic mass is 16.7. The third kappa shape index (κ3) is 3.68. The fourth-order valence-electron chi connectivity index (χ4n) is 1.24. The molecule has 0 saturated carbocycles. The van der Waals surface area contributed by atoms with Crippen molar-refractivity contribution in [3.8, 4) is 0 Å². The number of rotatable bonds is 6. The molecule has 0 spiro atoms. The van der Waals surface area contributed by atoms with Crippen LogP contribution < -0.4 is 5.32 Å². The smallest absolute Gasteiger partial charge is 0.251 e. The van der Waals surface area contributed by atoms with Crippen LogP contribution in [0.4, 0.5) is 0 Å². The van der Waals surface area contributed by atoms with Gasteiger partial charge in [0.05, 0.1) is 6.54 Å². The summed E-state index contributed by atoms with van der Waals surface area (Å²) in [7, 11) is 0. The molecule has 1 amide bonds. The van der Waals surface area contributed by atoms with Gasteiger partial charge in [-0.15, -0.1) is 4.91 Å². The molecule has 0 bridgehead atoms. The summed E-state index contributed by atoms with van der Waals surface area (Å²) in [5.74, 6) is -0.183. The van der Waals surface area contributed by atoms with E-state index in [1.54, 1.807) is 12.1 Å². The minimum Gasteiger partial charge on any atom is -0.362 e. The van der Waals surface area contributed by atoms with Crippen molar-refractivity contribution in [2.24, 2.45) is 5.34 Å². The summed E-state index contributed by atoms with van der Waals surface area (Å²) in [5.41, 5.74) is 1.78. The van der Waals surface area contributed by atoms with Crippen LogP contribution in [-0.2, 0) is 11.3 Å². The number of carbonyl (C=O) groups excluding carboxylic acids is 1. The van der Waals surface area contributed by atoms with Crippen molar-refractivity contribution in [3.05, 3.63) is 40.3 Å². The van der Waals surface area contributed by atoms with E-state index in [0.29, 0.717) is 5.56 Å². The van der Waals surface area contributed by atoms with Gasteiger partial charge in [0.1, 0.15) is 6.61 Å². The maximum Gasteiger partial charge on any atom is 0.251 e. The molecule has 0 aliphatic rings. The minimum atomic E-state index is -0.183. The van der Waals surface area contributed by atoms with Crippen LogP contribution in [0.15, 0.2) is 29.6 Å². The number of nitrogens with zero attached hydrogens (tertiary/aromatic N) is 1. The van der Waals surface area contributed by atoms with Crippen LogP contribution in [0.2, 0.25) is 0 Å². The van der Waals surface area contributed by atoms with Crippen LogP contribution in [0.1, 0.15) is 22.8 Å². The summed E-state index contributed by atoms with van der Waals surface area (Å²) in [6.07, 6.45) is 0.945. The second-order valence-electron chi connectivity index (χ2n) is 3.21. The quantitative estimate of drug-likeness (QED) is 0.452. The van der Waals surface area contributed by atoms with Crippen LogP contribution >= 0.6 is 0 Å². The number of hydrogen-bond acceptors (Lipinski definition) is 4. The van der Waals surface area contributed by atoms with Gasteiger partial charge in [-0.25, -0.2) is 0 Å². The Morgan fingerprint density at radius 2 is 2.06 bits per heavy atom. The van der Waals surface area contributed by atoms with E-state index >= 15 is 0 Å². The van der Waals surface area contributed by atoms with Gasteiger partial charge in [-0.1, -0.05) is 19.1 Å². The monoisotopic (exact) mass is 222 g/mol. The molecule has 1 aromatic carbocycles. The molecule has 1 aromatic rings. The molecule has 86 valence electrons. The summed E-state index contributed by atoms with van der Waals surface area (Å²) in [6, 6.07) is 7.37. The van der Waals surface area contributed by atoms with Crippen molar-refractivity contribution in [2.45, 2.75) is 13.3 Å². The Labute approximate surface area is 93.7 Å². The average Bonchev–Trinajstić information content (AvgIpc) is 2.34. The Bertz CT molecular complexity index is 349. The van der Waals surface area contributed by atoms with E-state index in [9.17, 15) is 9.70 Å². The fraction of sp³-hybridized carbons (Fsp3) is 0.364. The van der Waals surface area contributed by atoms with Gasteiger partial charge in [-0.05, 0) is 24.1 Å². The van der Waals surface area contributed by atoms with E-state index in [1.807, 2.05) is 12.1 Å². The van der Waals surface area contributed by atoms with Crippen molar-refractivity contribution in [1.29, 1.82) is 0 Å². The molecule has 0 unspecified atom stereocenters. The SMILES string of the molecule is CCc1ccc(C(=O)NCCON=O)cc1. The first-order chi connectivity index (χ1) is 7.77. The summed E-state index contributed by atoms with van der Waals surface area (Å²) in [4.78, 5) is 25.3. The molecule has 0 atom stereocenters. The molecule has 0 aromatic heterocycles. The van der Waals surface area contributed by atoms with Crippen molar-refractivity contribution in [3.63, 3.8) is 0 Å². The topological polar surface area (TPSA) is 67.8 Å². The van der Waals surface area contributed by atoms with Crippen molar-refractivity contribution >= 4 is 5.91 Å². The van der Waals surface area contributed by atoms with Gasteiger partial charge < -0.3 is 10.2 Å². The molecule has 0 fully saturated rings. The Balaban J connectivity index is 2.43. The molecule has 5 nitrogen and oxygen atoms in total. The number of hydrogen-bond donors (Lipinski definition) is 1. The fourth-order valence-corrected chi connectivity index (χ4v) is 1.24. The zero-order chi connectivity index (χ0) is 11.8. The lowest BCUT2D eigenvalue weighted by Gasteiger charge is -2.04. The summed E-state index contributed by atoms with van der Waals surface area (Å²) in [5, 5.41) is 4.84. The maximum absolute atomic E-state index is 11.5. The lowest BCUT2D eigenvalue weighted by molar-refractivity contribution is 0.0918. The van der Waals surface area contributed by atoms with E-state index < -0.39 is 0 Å². The lowest BCUT2D eigenvalue weighted by atomic mass is 10.1. The summed E-state index contributed by atoms with van der Waals surface area (Å²) in [6.45, 7) is 2.40. The number of benzene rings is 1. The highest BCUT2D eigenvalue weighted by molar-refractivity contribution is 5.94. The van der Waals surface area contributed by atoms with E-state index in [2.05, 4.69) is 22.4 Å². The largest absolute Gasteiger partial charge is 0.362 e. The third-order valence-corrected chi connectivity index (χ3v) is 2.16. The van der Waals surface area contributed by atoms with Gasteiger partial charge in [-0.3, -0.25) is 4.79 Å². The summed E-state index contributed by atoms with van der Waals surface area (Å²) < 4.78 is 0. The zero-order valence-electron chi connectivity index (χ0n) is 9.10. The van der Waals surface area contributed by atoms with Crippen LogP contribution in [0.3, 0.4) is 0 Å². The second kappa shape index (κ2) is 6.55. The van der Waals surface area contributed by atoms with E-state index in [-0.39, 0.29) is 19.1 Å². The number of aryl methyl sites for hydroxylation is 1. The molecule has 0 saturated heterocycles. The predicted molar refractivity (Wildman–Crippen MR) is 59.9 cm³/mol. The maximum atomic E-state index is 11.5. The van der Waals surface area contributed by atoms with Gasteiger partial charge in [0, 0.05) is 5.56 Å². The lowest BCUT2D eigenvalue weighted by Crippen LogP contribution is -2.26. The number of carbonyl (C=O) groups is 1. The van der Waals surface area contributed by atoms with Crippen LogP contribution in [0.5, 0.6) is 0 Å². The molecule has 0 aliphatic carbocycles. The first-order valence-electron chi connectivity index (χ1n) is 5.09. The first-order valence-corrected chi connectivity index (χ1v) is 5.09.